The number of nitrogens with two attached hydrogens (primary N) is 1. The second kappa shape index (κ2) is 9.19. The van der Waals surface area contributed by atoms with Gasteiger partial charge in [0.25, 0.3) is 0 Å². The molecule has 1 fully saturated rings. The standard InChI is InChI=1S/C28H27N7/c29-26-24-25(22-12-6-2-7-13-22)30-28(31-27(24)32-35(26)23-14-8-3-9-15-23)34-18-16-33(17-19-34)20-21-10-4-1-5-11-21/h1-15H,16-20,29H2. The highest BCUT2D eigenvalue weighted by atomic mass is 15.4. The van der Waals surface area contributed by atoms with Gasteiger partial charge in [0.1, 0.15) is 5.82 Å². The minimum atomic E-state index is 0.546. The van der Waals surface area contributed by atoms with Gasteiger partial charge in [-0.3, -0.25) is 4.90 Å². The number of rotatable bonds is 5. The molecule has 174 valence electrons. The van der Waals surface area contributed by atoms with Gasteiger partial charge in [-0.05, 0) is 17.7 Å². The van der Waals surface area contributed by atoms with Gasteiger partial charge >= 0.3 is 0 Å². The second-order valence-electron chi connectivity index (χ2n) is 8.82. The van der Waals surface area contributed by atoms with Crippen LogP contribution in [0.4, 0.5) is 11.8 Å². The van der Waals surface area contributed by atoms with E-state index in [0.29, 0.717) is 17.4 Å². The van der Waals surface area contributed by atoms with Crippen LogP contribution in [0, 0.1) is 0 Å². The lowest BCUT2D eigenvalue weighted by Gasteiger charge is -2.34. The quantitative estimate of drug-likeness (QED) is 0.418. The third-order valence-electron chi connectivity index (χ3n) is 6.51. The molecule has 1 aliphatic rings. The van der Waals surface area contributed by atoms with Crippen LogP contribution in [0.3, 0.4) is 0 Å². The Labute approximate surface area is 204 Å². The highest BCUT2D eigenvalue weighted by Crippen LogP contribution is 2.33. The number of benzene rings is 3. The number of para-hydroxylation sites is 1. The number of hydrogen-bond donors (Lipinski definition) is 1. The topological polar surface area (TPSA) is 76.1 Å². The van der Waals surface area contributed by atoms with Crippen molar-refractivity contribution >= 4 is 22.8 Å². The number of aromatic nitrogens is 4. The van der Waals surface area contributed by atoms with Crippen molar-refractivity contribution < 1.29 is 0 Å². The number of anilines is 2. The van der Waals surface area contributed by atoms with Crippen LogP contribution >= 0.6 is 0 Å². The van der Waals surface area contributed by atoms with Gasteiger partial charge < -0.3 is 10.6 Å². The zero-order chi connectivity index (χ0) is 23.6. The van der Waals surface area contributed by atoms with Crippen molar-refractivity contribution in [3.05, 3.63) is 96.6 Å². The Morgan fingerprint density at radius 3 is 2.03 bits per heavy atom. The van der Waals surface area contributed by atoms with Gasteiger partial charge in [-0.25, -0.2) is 9.67 Å². The molecule has 0 amide bonds. The van der Waals surface area contributed by atoms with Crippen LogP contribution in [-0.2, 0) is 6.54 Å². The molecule has 1 saturated heterocycles. The molecule has 0 saturated carbocycles. The first-order chi connectivity index (χ1) is 17.3. The lowest BCUT2D eigenvalue weighted by Crippen LogP contribution is -2.46. The van der Waals surface area contributed by atoms with E-state index in [1.54, 1.807) is 4.68 Å². The van der Waals surface area contributed by atoms with Crippen LogP contribution in [0.5, 0.6) is 0 Å². The molecule has 2 N–H and O–H groups in total. The molecule has 0 unspecified atom stereocenters. The maximum atomic E-state index is 6.63. The molecule has 6 rings (SSSR count). The first kappa shape index (κ1) is 21.3. The Hall–Kier alpha value is -4.23. The minimum absolute atomic E-state index is 0.546. The molecule has 3 aromatic carbocycles. The van der Waals surface area contributed by atoms with E-state index >= 15 is 0 Å². The van der Waals surface area contributed by atoms with Crippen LogP contribution < -0.4 is 10.6 Å². The Kier molecular flexibility index (Phi) is 5.60. The molecule has 0 radical (unpaired) electrons. The normalized spacial score (nSPS) is 14.5. The van der Waals surface area contributed by atoms with Crippen molar-refractivity contribution in [3.8, 4) is 16.9 Å². The van der Waals surface area contributed by atoms with Crippen molar-refractivity contribution in [1.29, 1.82) is 0 Å². The second-order valence-corrected chi connectivity index (χ2v) is 8.82. The predicted octanol–water partition coefficient (Wildman–Crippen LogP) is 4.39. The van der Waals surface area contributed by atoms with E-state index in [0.717, 1.165) is 55.1 Å². The van der Waals surface area contributed by atoms with Gasteiger partial charge in [0, 0.05) is 38.3 Å². The molecule has 7 heteroatoms. The molecular formula is C28H27N7. The molecule has 3 heterocycles. The zero-order valence-corrected chi connectivity index (χ0v) is 19.5. The SMILES string of the molecule is Nc1c2c(-c3ccccc3)nc(N3CCN(Cc4ccccc4)CC3)nc2nn1-c1ccccc1. The lowest BCUT2D eigenvalue weighted by molar-refractivity contribution is 0.249. The highest BCUT2D eigenvalue weighted by molar-refractivity contribution is 5.99. The third kappa shape index (κ3) is 4.22. The summed E-state index contributed by atoms with van der Waals surface area (Å²) in [6.45, 7) is 4.60. The summed E-state index contributed by atoms with van der Waals surface area (Å²) in [4.78, 5) is 14.7. The summed E-state index contributed by atoms with van der Waals surface area (Å²) < 4.78 is 1.76. The Morgan fingerprint density at radius 2 is 1.34 bits per heavy atom. The molecule has 0 aliphatic carbocycles. The van der Waals surface area contributed by atoms with E-state index in [4.69, 9.17) is 20.8 Å². The molecule has 35 heavy (non-hydrogen) atoms. The van der Waals surface area contributed by atoms with Crippen LogP contribution in [0.2, 0.25) is 0 Å². The van der Waals surface area contributed by atoms with Crippen LogP contribution in [-0.4, -0.2) is 50.8 Å². The lowest BCUT2D eigenvalue weighted by atomic mass is 10.1. The van der Waals surface area contributed by atoms with E-state index in [-0.39, 0.29) is 0 Å². The van der Waals surface area contributed by atoms with E-state index in [1.165, 1.54) is 5.56 Å². The van der Waals surface area contributed by atoms with Gasteiger partial charge in [0.2, 0.25) is 5.95 Å². The largest absolute Gasteiger partial charge is 0.383 e. The van der Waals surface area contributed by atoms with Gasteiger partial charge in [-0.15, -0.1) is 5.10 Å². The predicted molar refractivity (Wildman–Crippen MR) is 140 cm³/mol. The fourth-order valence-corrected chi connectivity index (χ4v) is 4.66. The van der Waals surface area contributed by atoms with Gasteiger partial charge in [0.05, 0.1) is 16.8 Å². The maximum Gasteiger partial charge on any atom is 0.228 e. The Bertz CT molecular complexity index is 1420. The van der Waals surface area contributed by atoms with Crippen molar-refractivity contribution in [2.24, 2.45) is 0 Å². The summed E-state index contributed by atoms with van der Waals surface area (Å²) in [6.07, 6.45) is 0. The van der Waals surface area contributed by atoms with Crippen molar-refractivity contribution in [2.45, 2.75) is 6.54 Å². The molecule has 1 aliphatic heterocycles. The van der Waals surface area contributed by atoms with Crippen molar-refractivity contribution in [2.75, 3.05) is 36.8 Å². The summed E-state index contributed by atoms with van der Waals surface area (Å²) in [7, 11) is 0. The molecule has 5 aromatic rings. The highest BCUT2D eigenvalue weighted by Gasteiger charge is 2.24. The van der Waals surface area contributed by atoms with Crippen LogP contribution in [0.1, 0.15) is 5.56 Å². The fourth-order valence-electron chi connectivity index (χ4n) is 4.66. The molecule has 0 spiro atoms. The van der Waals surface area contributed by atoms with Crippen LogP contribution in [0.15, 0.2) is 91.0 Å². The number of nitrogen functional groups attached to an aromatic ring is 1. The van der Waals surface area contributed by atoms with E-state index in [1.807, 2.05) is 48.5 Å². The first-order valence-corrected chi connectivity index (χ1v) is 11.9. The maximum absolute atomic E-state index is 6.63. The van der Waals surface area contributed by atoms with Gasteiger partial charge in [0.15, 0.2) is 5.65 Å². The fraction of sp³-hybridized carbons (Fsp3) is 0.179. The van der Waals surface area contributed by atoms with Gasteiger partial charge in [-0.1, -0.05) is 78.9 Å². The number of hydrogen-bond acceptors (Lipinski definition) is 6. The molecular weight excluding hydrogens is 434 g/mol. The van der Waals surface area contributed by atoms with E-state index in [2.05, 4.69) is 52.3 Å². The van der Waals surface area contributed by atoms with Crippen LogP contribution in [0.25, 0.3) is 28.0 Å². The monoisotopic (exact) mass is 461 g/mol. The average Bonchev–Trinajstić information content (AvgIpc) is 3.26. The Balaban J connectivity index is 1.35. The smallest absolute Gasteiger partial charge is 0.228 e. The first-order valence-electron chi connectivity index (χ1n) is 11.9. The molecule has 0 atom stereocenters. The summed E-state index contributed by atoms with van der Waals surface area (Å²) in [5.41, 5.74) is 11.3. The summed E-state index contributed by atoms with van der Waals surface area (Å²) in [5.74, 6) is 1.25. The molecule has 7 nitrogen and oxygen atoms in total. The average molecular weight is 462 g/mol. The third-order valence-corrected chi connectivity index (χ3v) is 6.51. The number of piperazine rings is 1. The van der Waals surface area contributed by atoms with E-state index < -0.39 is 0 Å². The van der Waals surface area contributed by atoms with Gasteiger partial charge in [-0.2, -0.15) is 4.98 Å². The van der Waals surface area contributed by atoms with Crippen molar-refractivity contribution in [3.63, 3.8) is 0 Å². The Morgan fingerprint density at radius 1 is 0.714 bits per heavy atom. The summed E-state index contributed by atoms with van der Waals surface area (Å²) >= 11 is 0. The van der Waals surface area contributed by atoms with Crippen molar-refractivity contribution in [1.82, 2.24) is 24.6 Å². The zero-order valence-electron chi connectivity index (χ0n) is 19.5. The van der Waals surface area contributed by atoms with E-state index in [9.17, 15) is 0 Å². The molecule has 0 bridgehead atoms. The number of fused-ring (bicyclic) bond motifs is 1. The summed E-state index contributed by atoms with van der Waals surface area (Å²) in [5, 5.41) is 5.58. The molecule has 2 aromatic heterocycles. The number of nitrogens with zero attached hydrogens (tertiary/aromatic N) is 6. The minimum Gasteiger partial charge on any atom is -0.383 e. The summed E-state index contributed by atoms with van der Waals surface area (Å²) in [6, 6.07) is 30.7.